The van der Waals surface area contributed by atoms with E-state index in [0.717, 1.165) is 12.8 Å². The van der Waals surface area contributed by atoms with Gasteiger partial charge in [-0.05, 0) is 12.0 Å². The van der Waals surface area contributed by atoms with Crippen LogP contribution in [-0.4, -0.2) is 30.1 Å². The van der Waals surface area contributed by atoms with Gasteiger partial charge in [-0.15, -0.1) is 0 Å². The van der Waals surface area contributed by atoms with Crippen molar-refractivity contribution in [3.8, 4) is 0 Å². The quantitative estimate of drug-likeness (QED) is 0.602. The molecule has 3 atom stereocenters. The Morgan fingerprint density at radius 2 is 2.00 bits per heavy atom. The molecule has 2 rings (SSSR count). The van der Waals surface area contributed by atoms with Crippen LogP contribution in [0.1, 0.15) is 37.9 Å². The fourth-order valence-electron chi connectivity index (χ4n) is 2.78. The van der Waals surface area contributed by atoms with Crippen molar-refractivity contribution in [3.05, 3.63) is 47.5 Å². The Kier molecular flexibility index (Phi) is 6.61. The standard InChI is InChI=1S/C18H21F3O4/c1-2-3-5-10-13(16(22)23)14-11-24-17(18(19,20)21)25-15(14)12-8-6-4-7-9-12/h4,6-10,14-15,17H,2-3,5,11H2,1H3,(H,22,23). The molecular weight excluding hydrogens is 337 g/mol. The van der Waals surface area contributed by atoms with Crippen LogP contribution < -0.4 is 0 Å². The normalized spacial score (nSPS) is 25.0. The van der Waals surface area contributed by atoms with E-state index in [0.29, 0.717) is 12.0 Å². The highest BCUT2D eigenvalue weighted by Gasteiger charge is 2.49. The minimum absolute atomic E-state index is 0.0305. The van der Waals surface area contributed by atoms with E-state index in [9.17, 15) is 23.1 Å². The second-order valence-electron chi connectivity index (χ2n) is 5.89. The third-order valence-electron chi connectivity index (χ3n) is 4.03. The van der Waals surface area contributed by atoms with Gasteiger partial charge in [-0.1, -0.05) is 56.2 Å². The molecule has 0 amide bonds. The number of carbonyl (C=O) groups is 1. The first-order valence-corrected chi connectivity index (χ1v) is 8.16. The number of ether oxygens (including phenoxy) is 2. The molecule has 1 saturated heterocycles. The van der Waals surface area contributed by atoms with Crippen LogP contribution in [0.15, 0.2) is 42.0 Å². The van der Waals surface area contributed by atoms with E-state index in [1.165, 1.54) is 0 Å². The Bertz CT molecular complexity index is 598. The number of hydrogen-bond acceptors (Lipinski definition) is 3. The third kappa shape index (κ3) is 5.06. The zero-order valence-electron chi connectivity index (χ0n) is 13.8. The van der Waals surface area contributed by atoms with Gasteiger partial charge in [0.15, 0.2) is 0 Å². The number of hydrogen-bond donors (Lipinski definition) is 1. The van der Waals surface area contributed by atoms with Crippen LogP contribution in [0.4, 0.5) is 13.2 Å². The zero-order valence-corrected chi connectivity index (χ0v) is 13.8. The summed E-state index contributed by atoms with van der Waals surface area (Å²) in [6.45, 7) is 1.61. The SMILES string of the molecule is CCCCC=C(C(=O)O)C1COC(C(F)(F)F)OC1c1ccccc1. The number of halogens is 3. The molecule has 0 aliphatic carbocycles. The highest BCUT2D eigenvalue weighted by molar-refractivity contribution is 5.87. The van der Waals surface area contributed by atoms with E-state index < -0.39 is 30.5 Å². The molecule has 138 valence electrons. The zero-order chi connectivity index (χ0) is 18.4. The molecule has 0 aromatic heterocycles. The topological polar surface area (TPSA) is 55.8 Å². The molecule has 1 fully saturated rings. The molecular formula is C18H21F3O4. The van der Waals surface area contributed by atoms with Crippen molar-refractivity contribution in [1.29, 1.82) is 0 Å². The van der Waals surface area contributed by atoms with Gasteiger partial charge in [0.25, 0.3) is 6.29 Å². The van der Waals surface area contributed by atoms with Crippen LogP contribution >= 0.6 is 0 Å². The highest BCUT2D eigenvalue weighted by Crippen LogP contribution is 2.41. The molecule has 7 heteroatoms. The van der Waals surface area contributed by atoms with E-state index in [1.54, 1.807) is 36.4 Å². The van der Waals surface area contributed by atoms with Crippen molar-refractivity contribution < 1.29 is 32.5 Å². The molecule has 1 aliphatic rings. The lowest BCUT2D eigenvalue weighted by Gasteiger charge is -2.37. The Morgan fingerprint density at radius 3 is 2.56 bits per heavy atom. The van der Waals surface area contributed by atoms with E-state index in [-0.39, 0.29) is 12.2 Å². The van der Waals surface area contributed by atoms with Crippen LogP contribution in [-0.2, 0) is 14.3 Å². The largest absolute Gasteiger partial charge is 0.478 e. The van der Waals surface area contributed by atoms with Gasteiger partial charge in [0.1, 0.15) is 0 Å². The Labute approximate surface area is 144 Å². The van der Waals surface area contributed by atoms with Crippen LogP contribution in [0.25, 0.3) is 0 Å². The Balaban J connectivity index is 2.33. The van der Waals surface area contributed by atoms with Gasteiger partial charge in [0.05, 0.1) is 12.7 Å². The van der Waals surface area contributed by atoms with Gasteiger partial charge in [-0.3, -0.25) is 0 Å². The number of rotatable bonds is 6. The minimum atomic E-state index is -4.67. The van der Waals surface area contributed by atoms with Gasteiger partial charge >= 0.3 is 12.1 Å². The van der Waals surface area contributed by atoms with Gasteiger partial charge in [-0.25, -0.2) is 4.79 Å². The lowest BCUT2D eigenvalue weighted by molar-refractivity contribution is -0.350. The predicted molar refractivity (Wildman–Crippen MR) is 84.8 cm³/mol. The molecule has 4 nitrogen and oxygen atoms in total. The molecule has 0 saturated carbocycles. The lowest BCUT2D eigenvalue weighted by atomic mass is 9.87. The number of carboxylic acids is 1. The van der Waals surface area contributed by atoms with E-state index in [4.69, 9.17) is 9.47 Å². The van der Waals surface area contributed by atoms with Crippen LogP contribution in [0.5, 0.6) is 0 Å². The Morgan fingerprint density at radius 1 is 1.32 bits per heavy atom. The third-order valence-corrected chi connectivity index (χ3v) is 4.03. The molecule has 1 aliphatic heterocycles. The van der Waals surface area contributed by atoms with Crippen LogP contribution in [0.3, 0.4) is 0 Å². The number of benzene rings is 1. The second-order valence-corrected chi connectivity index (χ2v) is 5.89. The highest BCUT2D eigenvalue weighted by atomic mass is 19.4. The fraction of sp³-hybridized carbons (Fsp3) is 0.500. The van der Waals surface area contributed by atoms with E-state index in [2.05, 4.69) is 0 Å². The summed E-state index contributed by atoms with van der Waals surface area (Å²) in [4.78, 5) is 11.6. The molecule has 0 bridgehead atoms. The second kappa shape index (κ2) is 8.49. The summed E-state index contributed by atoms with van der Waals surface area (Å²) in [7, 11) is 0. The summed E-state index contributed by atoms with van der Waals surface area (Å²) in [5.41, 5.74) is 0.524. The molecule has 1 heterocycles. The number of aliphatic carboxylic acids is 1. The fourth-order valence-corrected chi connectivity index (χ4v) is 2.78. The number of carboxylic acid groups (broad SMARTS) is 1. The van der Waals surface area contributed by atoms with E-state index >= 15 is 0 Å². The van der Waals surface area contributed by atoms with Crippen molar-refractivity contribution >= 4 is 5.97 Å². The van der Waals surface area contributed by atoms with Crippen molar-refractivity contribution in [1.82, 2.24) is 0 Å². The van der Waals surface area contributed by atoms with Gasteiger partial charge in [0.2, 0.25) is 0 Å². The Hall–Kier alpha value is -1.86. The number of unbranched alkanes of at least 4 members (excludes halogenated alkanes) is 2. The molecule has 0 radical (unpaired) electrons. The smallest absolute Gasteiger partial charge is 0.440 e. The number of allylic oxidation sites excluding steroid dienone is 1. The molecule has 1 N–H and O–H groups in total. The molecule has 1 aromatic rings. The summed E-state index contributed by atoms with van der Waals surface area (Å²) in [5.74, 6) is -1.98. The average Bonchev–Trinajstić information content (AvgIpc) is 2.58. The first-order chi connectivity index (χ1) is 11.8. The van der Waals surface area contributed by atoms with Gasteiger partial charge in [0, 0.05) is 11.5 Å². The molecule has 25 heavy (non-hydrogen) atoms. The number of alkyl halides is 3. The van der Waals surface area contributed by atoms with Crippen molar-refractivity contribution in [3.63, 3.8) is 0 Å². The van der Waals surface area contributed by atoms with Crippen LogP contribution in [0, 0.1) is 5.92 Å². The summed E-state index contributed by atoms with van der Waals surface area (Å²) < 4.78 is 48.9. The van der Waals surface area contributed by atoms with Crippen molar-refractivity contribution in [2.24, 2.45) is 5.92 Å². The maximum atomic E-state index is 13.0. The molecule has 0 spiro atoms. The van der Waals surface area contributed by atoms with E-state index in [1.807, 2.05) is 6.92 Å². The maximum Gasteiger partial charge on any atom is 0.440 e. The molecule has 3 unspecified atom stereocenters. The van der Waals surface area contributed by atoms with Crippen molar-refractivity contribution in [2.45, 2.75) is 44.8 Å². The summed E-state index contributed by atoms with van der Waals surface area (Å²) in [6.07, 6.45) is -4.28. The monoisotopic (exact) mass is 358 g/mol. The summed E-state index contributed by atoms with van der Waals surface area (Å²) in [6, 6.07) is 8.34. The minimum Gasteiger partial charge on any atom is -0.478 e. The first-order valence-electron chi connectivity index (χ1n) is 8.16. The van der Waals surface area contributed by atoms with Gasteiger partial charge in [-0.2, -0.15) is 13.2 Å². The first kappa shape index (κ1) is 19.5. The summed E-state index contributed by atoms with van der Waals surface area (Å²) >= 11 is 0. The average molecular weight is 358 g/mol. The maximum absolute atomic E-state index is 13.0. The van der Waals surface area contributed by atoms with Crippen molar-refractivity contribution in [2.75, 3.05) is 6.61 Å². The van der Waals surface area contributed by atoms with Crippen LogP contribution in [0.2, 0.25) is 0 Å². The molecule has 1 aromatic carbocycles. The predicted octanol–water partition coefficient (Wildman–Crippen LogP) is 4.48. The summed E-state index contributed by atoms with van der Waals surface area (Å²) in [5, 5.41) is 9.51. The lowest BCUT2D eigenvalue weighted by Crippen LogP contribution is -2.44. The van der Waals surface area contributed by atoms with Gasteiger partial charge < -0.3 is 14.6 Å².